The fourth-order valence-corrected chi connectivity index (χ4v) is 5.41. The van der Waals surface area contributed by atoms with E-state index in [2.05, 4.69) is 15.3 Å². The third-order valence-corrected chi connectivity index (χ3v) is 7.34. The molecule has 4 rings (SSSR count). The number of carbonyl (C=O) groups is 2. The zero-order valence-corrected chi connectivity index (χ0v) is 21.6. The van der Waals surface area contributed by atoms with Gasteiger partial charge in [0.15, 0.2) is 0 Å². The molecule has 1 fully saturated rings. The van der Waals surface area contributed by atoms with Gasteiger partial charge in [-0.1, -0.05) is 6.92 Å². The monoisotopic (exact) mass is 520 g/mol. The summed E-state index contributed by atoms with van der Waals surface area (Å²) in [5.41, 5.74) is 0.0925. The van der Waals surface area contributed by atoms with E-state index in [0.29, 0.717) is 41.2 Å². The summed E-state index contributed by atoms with van der Waals surface area (Å²) in [5, 5.41) is 12.0. The first-order valence-electron chi connectivity index (χ1n) is 11.7. The lowest BCUT2D eigenvalue weighted by molar-refractivity contribution is -0.137. The van der Waals surface area contributed by atoms with Crippen LogP contribution in [0.15, 0.2) is 40.2 Å². The second-order valence-corrected chi connectivity index (χ2v) is 11.5. The number of aliphatic carboxylic acids is 1. The second kappa shape index (κ2) is 10.7. The number of aromatic amines is 2. The second-order valence-electron chi connectivity index (χ2n) is 9.57. The van der Waals surface area contributed by atoms with Gasteiger partial charge in [0.25, 0.3) is 5.56 Å². The average Bonchev–Trinajstić information content (AvgIpc) is 3.43. The molecule has 0 unspecified atom stereocenters. The standard InChI is InChI=1S/C20H24N4O5S.C4H8O2/c1-20(2,3)29-19(26)22-12-7-9-24(11-12)30(27,28)13-4-5-16-15(10-13)14-6-8-21-17(14)18(25)23-16;1-2-3-4(5)6/h4-6,8,10,12,21H,7,9,11H2,1-3H3,(H,22,26)(H,23,25);2-3H2,1H3,(H,5,6)/t12-;/m1./s1. The Morgan fingerprint density at radius 2 is 1.94 bits per heavy atom. The number of benzene rings is 1. The number of rotatable bonds is 5. The highest BCUT2D eigenvalue weighted by Crippen LogP contribution is 2.27. The molecule has 3 heterocycles. The van der Waals surface area contributed by atoms with Crippen LogP contribution in [-0.2, 0) is 19.6 Å². The third-order valence-electron chi connectivity index (χ3n) is 5.48. The minimum atomic E-state index is -3.76. The molecule has 0 aliphatic carbocycles. The van der Waals surface area contributed by atoms with Crippen molar-refractivity contribution in [2.45, 2.75) is 63.5 Å². The number of carboxylic acids is 1. The Balaban J connectivity index is 0.000000538. The quantitative estimate of drug-likeness (QED) is 0.402. The summed E-state index contributed by atoms with van der Waals surface area (Å²) < 4.78 is 33.0. The number of nitrogens with one attached hydrogen (secondary N) is 3. The van der Waals surface area contributed by atoms with Crippen LogP contribution in [-0.4, -0.2) is 64.6 Å². The predicted octanol–water partition coefficient (Wildman–Crippen LogP) is 3.17. The zero-order chi connectivity index (χ0) is 26.7. The van der Waals surface area contributed by atoms with Crippen molar-refractivity contribution in [3.05, 3.63) is 40.8 Å². The Morgan fingerprint density at radius 3 is 2.56 bits per heavy atom. The van der Waals surface area contributed by atoms with Crippen molar-refractivity contribution in [1.29, 1.82) is 0 Å². The largest absolute Gasteiger partial charge is 0.481 e. The molecule has 1 amide bonds. The average molecular weight is 521 g/mol. The van der Waals surface area contributed by atoms with Crippen molar-refractivity contribution >= 4 is 43.9 Å². The zero-order valence-electron chi connectivity index (χ0n) is 20.8. The van der Waals surface area contributed by atoms with Gasteiger partial charge in [0.05, 0.1) is 4.90 Å². The number of amides is 1. The smallest absolute Gasteiger partial charge is 0.407 e. The molecule has 36 heavy (non-hydrogen) atoms. The van der Waals surface area contributed by atoms with Crippen LogP contribution in [0.1, 0.15) is 47.0 Å². The minimum Gasteiger partial charge on any atom is -0.481 e. The summed E-state index contributed by atoms with van der Waals surface area (Å²) in [4.78, 5) is 39.5. The molecule has 0 saturated carbocycles. The van der Waals surface area contributed by atoms with Gasteiger partial charge in [0, 0.05) is 48.0 Å². The number of fused-ring (bicyclic) bond motifs is 3. The van der Waals surface area contributed by atoms with E-state index in [0.717, 1.165) is 6.42 Å². The number of nitrogens with zero attached hydrogens (tertiary/aromatic N) is 1. The number of carbonyl (C=O) groups excluding carboxylic acids is 1. The molecule has 4 N–H and O–H groups in total. The number of carboxylic acid groups (broad SMARTS) is 1. The molecule has 12 heteroatoms. The van der Waals surface area contributed by atoms with E-state index in [9.17, 15) is 22.8 Å². The molecule has 196 valence electrons. The van der Waals surface area contributed by atoms with E-state index in [1.54, 1.807) is 45.2 Å². The lowest BCUT2D eigenvalue weighted by atomic mass is 10.1. The summed E-state index contributed by atoms with van der Waals surface area (Å²) in [6.45, 7) is 7.62. The van der Waals surface area contributed by atoms with Crippen LogP contribution in [0.2, 0.25) is 0 Å². The van der Waals surface area contributed by atoms with Crippen LogP contribution in [0.4, 0.5) is 4.79 Å². The first-order chi connectivity index (χ1) is 16.8. The molecule has 1 saturated heterocycles. The number of hydrogen-bond acceptors (Lipinski definition) is 6. The van der Waals surface area contributed by atoms with Crippen molar-refractivity contribution in [3.63, 3.8) is 0 Å². The number of H-pyrrole nitrogens is 2. The van der Waals surface area contributed by atoms with Crippen LogP contribution in [0, 0.1) is 0 Å². The summed E-state index contributed by atoms with van der Waals surface area (Å²) in [6.07, 6.45) is 2.61. The maximum Gasteiger partial charge on any atom is 0.407 e. The highest BCUT2D eigenvalue weighted by molar-refractivity contribution is 7.89. The minimum absolute atomic E-state index is 0.141. The molecular weight excluding hydrogens is 488 g/mol. The van der Waals surface area contributed by atoms with Gasteiger partial charge in [-0.15, -0.1) is 0 Å². The van der Waals surface area contributed by atoms with E-state index in [-0.39, 0.29) is 23.0 Å². The van der Waals surface area contributed by atoms with E-state index in [4.69, 9.17) is 9.84 Å². The number of ether oxygens (including phenoxy) is 1. The van der Waals surface area contributed by atoms with Gasteiger partial charge in [-0.05, 0) is 57.9 Å². The third kappa shape index (κ3) is 6.43. The van der Waals surface area contributed by atoms with Crippen molar-refractivity contribution in [2.75, 3.05) is 13.1 Å². The Morgan fingerprint density at radius 1 is 1.22 bits per heavy atom. The fraction of sp³-hybridized carbons (Fsp3) is 0.458. The summed E-state index contributed by atoms with van der Waals surface area (Å²) in [5.74, 6) is -0.711. The number of hydrogen-bond donors (Lipinski definition) is 4. The fourth-order valence-electron chi connectivity index (χ4n) is 3.88. The van der Waals surface area contributed by atoms with E-state index in [1.807, 2.05) is 6.92 Å². The lowest BCUT2D eigenvalue weighted by Gasteiger charge is -2.22. The van der Waals surface area contributed by atoms with Gasteiger partial charge in [-0.2, -0.15) is 4.31 Å². The molecule has 11 nitrogen and oxygen atoms in total. The van der Waals surface area contributed by atoms with Gasteiger partial charge in [-0.3, -0.25) is 9.59 Å². The van der Waals surface area contributed by atoms with Gasteiger partial charge in [-0.25, -0.2) is 13.2 Å². The maximum absolute atomic E-state index is 13.2. The maximum atomic E-state index is 13.2. The Bertz CT molecular complexity index is 1420. The molecule has 3 aromatic rings. The summed E-state index contributed by atoms with van der Waals surface area (Å²) >= 11 is 0. The summed E-state index contributed by atoms with van der Waals surface area (Å²) in [7, 11) is -3.76. The summed E-state index contributed by atoms with van der Waals surface area (Å²) in [6, 6.07) is 6.09. The molecule has 1 aliphatic heterocycles. The molecule has 1 aliphatic rings. The van der Waals surface area contributed by atoms with Crippen LogP contribution < -0.4 is 10.9 Å². The Kier molecular flexibility index (Phi) is 8.09. The number of aromatic nitrogens is 2. The van der Waals surface area contributed by atoms with Gasteiger partial charge >= 0.3 is 12.1 Å². The molecule has 0 bridgehead atoms. The number of sulfonamides is 1. The highest BCUT2D eigenvalue weighted by Gasteiger charge is 2.34. The molecule has 1 aromatic carbocycles. The molecule has 2 aromatic heterocycles. The molecule has 1 atom stereocenters. The highest BCUT2D eigenvalue weighted by atomic mass is 32.2. The van der Waals surface area contributed by atoms with Crippen molar-refractivity contribution < 1.29 is 27.9 Å². The normalized spacial score (nSPS) is 16.5. The lowest BCUT2D eigenvalue weighted by Crippen LogP contribution is -2.41. The first kappa shape index (κ1) is 27.2. The number of alkyl carbamates (subject to hydrolysis) is 1. The first-order valence-corrected chi connectivity index (χ1v) is 13.1. The van der Waals surface area contributed by atoms with Crippen LogP contribution in [0.25, 0.3) is 21.8 Å². The van der Waals surface area contributed by atoms with Crippen LogP contribution in [0.5, 0.6) is 0 Å². The van der Waals surface area contributed by atoms with Crippen molar-refractivity contribution in [3.8, 4) is 0 Å². The molecule has 0 spiro atoms. The Labute approximate surface area is 208 Å². The van der Waals surface area contributed by atoms with Crippen LogP contribution in [0.3, 0.4) is 0 Å². The van der Waals surface area contributed by atoms with Crippen molar-refractivity contribution in [1.82, 2.24) is 19.6 Å². The van der Waals surface area contributed by atoms with E-state index < -0.39 is 27.7 Å². The SMILES string of the molecule is CC(C)(C)OC(=O)N[C@@H]1CCN(S(=O)(=O)c2ccc3[nH]c(=O)c4[nH]ccc4c3c2)C1.CCCC(=O)O. The number of pyridine rings is 1. The molecule has 0 radical (unpaired) electrons. The van der Waals surface area contributed by atoms with Gasteiger partial charge < -0.3 is 25.1 Å². The van der Waals surface area contributed by atoms with E-state index in [1.165, 1.54) is 10.4 Å². The van der Waals surface area contributed by atoms with E-state index >= 15 is 0 Å². The van der Waals surface area contributed by atoms with Crippen LogP contribution >= 0.6 is 0 Å². The van der Waals surface area contributed by atoms with Gasteiger partial charge in [0.2, 0.25) is 10.0 Å². The Hall–Kier alpha value is -3.38. The van der Waals surface area contributed by atoms with Gasteiger partial charge in [0.1, 0.15) is 11.1 Å². The topological polar surface area (TPSA) is 162 Å². The molecular formula is C24H32N4O7S. The predicted molar refractivity (Wildman–Crippen MR) is 136 cm³/mol. The van der Waals surface area contributed by atoms with Crippen molar-refractivity contribution in [2.24, 2.45) is 0 Å².